The number of aliphatic hydroxyl groups excluding tert-OH is 1. The monoisotopic (exact) mass is 893 g/mol. The van der Waals surface area contributed by atoms with Crippen molar-refractivity contribution in [2.24, 2.45) is 17.8 Å². The van der Waals surface area contributed by atoms with Gasteiger partial charge in [-0.2, -0.15) is 5.26 Å². The average Bonchev–Trinajstić information content (AvgIpc) is 3.24. The molecule has 0 radical (unpaired) electrons. The molecule has 1 aromatic carbocycles. The van der Waals surface area contributed by atoms with Crippen molar-refractivity contribution >= 4 is 5.97 Å². The molecule has 3 aliphatic rings. The maximum Gasteiger partial charge on any atom is 0.311 e. The normalized spacial score (nSPS) is 43.5. The summed E-state index contributed by atoms with van der Waals surface area (Å²) in [6.45, 7) is 20.9. The number of nitriles is 1. The fourth-order valence-corrected chi connectivity index (χ4v) is 9.93. The van der Waals surface area contributed by atoms with Gasteiger partial charge in [0.25, 0.3) is 0 Å². The molecule has 16 heteroatoms. The van der Waals surface area contributed by atoms with E-state index in [9.17, 15) is 30.5 Å². The van der Waals surface area contributed by atoms with Crippen molar-refractivity contribution in [3.05, 3.63) is 29.8 Å². The number of likely N-dealkylation sites (N-methyl/N-ethyl adjacent to an activating group) is 1. The molecule has 0 saturated carbocycles. The van der Waals surface area contributed by atoms with E-state index >= 15 is 0 Å². The van der Waals surface area contributed by atoms with Gasteiger partial charge in [-0.1, -0.05) is 39.8 Å². The molecule has 0 unspecified atom stereocenters. The molecule has 3 aliphatic heterocycles. The van der Waals surface area contributed by atoms with Gasteiger partial charge in [0, 0.05) is 32.0 Å². The van der Waals surface area contributed by atoms with Crippen molar-refractivity contribution in [2.75, 3.05) is 33.8 Å². The van der Waals surface area contributed by atoms with Crippen molar-refractivity contribution < 1.29 is 58.4 Å². The first-order valence-corrected chi connectivity index (χ1v) is 23.0. The van der Waals surface area contributed by atoms with Gasteiger partial charge in [0.2, 0.25) is 0 Å². The Labute approximate surface area is 376 Å². The van der Waals surface area contributed by atoms with Gasteiger partial charge in [-0.05, 0) is 112 Å². The third-order valence-electron chi connectivity index (χ3n) is 14.0. The van der Waals surface area contributed by atoms with Crippen molar-refractivity contribution in [2.45, 2.75) is 198 Å². The molecule has 0 bridgehead atoms. The molecule has 3 heterocycles. The molecule has 0 aromatic heterocycles. The second kappa shape index (κ2) is 22.3. The first-order valence-electron chi connectivity index (χ1n) is 23.0. The van der Waals surface area contributed by atoms with Gasteiger partial charge in [0.1, 0.15) is 40.8 Å². The number of nitrogens with zero attached hydrogens (tertiary/aromatic N) is 1. The topological polar surface area (TPSA) is 222 Å². The Morgan fingerprint density at radius 1 is 0.984 bits per heavy atom. The fraction of sp³-hybridized carbons (Fsp3) is 0.830. The van der Waals surface area contributed by atoms with E-state index in [-0.39, 0.29) is 43.9 Å². The third kappa shape index (κ3) is 12.1. The molecule has 360 valence electrons. The van der Waals surface area contributed by atoms with E-state index in [1.54, 1.807) is 58.9 Å². The van der Waals surface area contributed by atoms with Gasteiger partial charge in [-0.3, -0.25) is 4.79 Å². The molecular weight excluding hydrogens is 813 g/mol. The molecule has 0 aliphatic carbocycles. The van der Waals surface area contributed by atoms with Crippen LogP contribution in [0.4, 0.5) is 0 Å². The Morgan fingerprint density at radius 3 is 2.29 bits per heavy atom. The predicted octanol–water partition coefficient (Wildman–Crippen LogP) is 3.54. The molecule has 0 spiro atoms. The van der Waals surface area contributed by atoms with Gasteiger partial charge in [0.15, 0.2) is 18.7 Å². The highest BCUT2D eigenvalue weighted by Crippen LogP contribution is 2.43. The lowest BCUT2D eigenvalue weighted by Gasteiger charge is -2.53. The molecule has 18 atom stereocenters. The minimum Gasteiger partial charge on any atom is -0.482 e. The highest BCUT2D eigenvalue weighted by atomic mass is 16.7. The zero-order valence-electron chi connectivity index (χ0n) is 40.1. The van der Waals surface area contributed by atoms with E-state index in [1.165, 1.54) is 14.0 Å². The highest BCUT2D eigenvalue weighted by Gasteiger charge is 2.58. The van der Waals surface area contributed by atoms with E-state index in [0.717, 1.165) is 6.42 Å². The van der Waals surface area contributed by atoms with E-state index in [4.69, 9.17) is 33.2 Å². The zero-order valence-corrected chi connectivity index (χ0v) is 40.1. The summed E-state index contributed by atoms with van der Waals surface area (Å²) in [5, 5.41) is 68.2. The number of carbonyl (C=O) groups excluding carboxylic acids is 1. The first kappa shape index (κ1) is 53.1. The summed E-state index contributed by atoms with van der Waals surface area (Å²) in [4.78, 5) is 14.5. The molecule has 0 amide bonds. The third-order valence-corrected chi connectivity index (χ3v) is 14.0. The largest absolute Gasteiger partial charge is 0.482 e. The SMILES string of the molecule is CCCNC[C@]1(O)[C@H](C)O[C@@H](O[C@H]2[C@H](C)[C@@H](O[C@@H]3O[C@H](C)C[C@H](NC)[C@H]3Oc3ccccc3C#N)[C@](C)(O)C[C@@H](C)CN[C@H](C)[C@@H](O)[C@](C)(O)[C@@H](CC)OC(=O)[C@@H]2C)C[C@@]1(C)OC. The van der Waals surface area contributed by atoms with Gasteiger partial charge in [0.05, 0.1) is 47.5 Å². The lowest BCUT2D eigenvalue weighted by atomic mass is 9.75. The molecular formula is C47H80N4O12. The van der Waals surface area contributed by atoms with E-state index < -0.39 is 95.5 Å². The zero-order chi connectivity index (χ0) is 47.1. The number of nitrogens with one attached hydrogen (secondary N) is 3. The lowest BCUT2D eigenvalue weighted by Crippen LogP contribution is -2.70. The van der Waals surface area contributed by atoms with E-state index in [0.29, 0.717) is 30.8 Å². The van der Waals surface area contributed by atoms with Gasteiger partial charge < -0.3 is 69.5 Å². The summed E-state index contributed by atoms with van der Waals surface area (Å²) in [7, 11) is 3.35. The van der Waals surface area contributed by atoms with Crippen LogP contribution < -0.4 is 20.7 Å². The van der Waals surface area contributed by atoms with Crippen molar-refractivity contribution in [1.82, 2.24) is 16.0 Å². The quantitative estimate of drug-likeness (QED) is 0.111. The summed E-state index contributed by atoms with van der Waals surface area (Å²) >= 11 is 0. The molecule has 7 N–H and O–H groups in total. The predicted molar refractivity (Wildman–Crippen MR) is 237 cm³/mol. The van der Waals surface area contributed by atoms with Crippen molar-refractivity contribution in [3.8, 4) is 11.8 Å². The standard InChI is InChI=1S/C47H80N4O12/c1-14-20-50-26-47(56)32(8)59-37(23-45(47,10)57-13)62-38-29(5)41(63-43-39(34(49-12)21-28(4)58-43)60-35-19-17-16-18-33(35)24-48)44(9,54)22-27(3)25-51-31(7)40(52)46(11,55)36(15-2)61-42(53)30(38)6/h16-19,27-32,34,36-41,43,49-52,54-56H,14-15,20-23,25-26H2,1-13H3/t27-,28-,29+,30-,31-,32+,34+,36-,37+,38+,39-,40-,41-,43+,44-,45-,46-,47+/m1/s1. The number of para-hydroxylation sites is 1. The number of methoxy groups -OCH3 is 1. The van der Waals surface area contributed by atoms with Crippen molar-refractivity contribution in [1.29, 1.82) is 5.26 Å². The molecule has 1 aromatic rings. The fourth-order valence-electron chi connectivity index (χ4n) is 9.93. The minimum absolute atomic E-state index is 0.0748. The van der Waals surface area contributed by atoms with Crippen molar-refractivity contribution in [3.63, 3.8) is 0 Å². The van der Waals surface area contributed by atoms with Crippen LogP contribution in [0.5, 0.6) is 5.75 Å². The van der Waals surface area contributed by atoms with Gasteiger partial charge in [-0.15, -0.1) is 0 Å². The summed E-state index contributed by atoms with van der Waals surface area (Å²) in [5.74, 6) is -2.43. The van der Waals surface area contributed by atoms with Crippen LogP contribution in [-0.2, 0) is 33.2 Å². The summed E-state index contributed by atoms with van der Waals surface area (Å²) in [6.07, 6.45) is -6.70. The number of esters is 1. The number of ether oxygens (including phenoxy) is 7. The lowest BCUT2D eigenvalue weighted by molar-refractivity contribution is -0.335. The van der Waals surface area contributed by atoms with Gasteiger partial charge in [-0.25, -0.2) is 0 Å². The van der Waals surface area contributed by atoms with E-state index in [1.807, 2.05) is 41.7 Å². The Morgan fingerprint density at radius 2 is 1.67 bits per heavy atom. The van der Waals surface area contributed by atoms with Crippen LogP contribution in [-0.4, -0.2) is 150 Å². The Bertz CT molecular complexity index is 1650. The van der Waals surface area contributed by atoms with Crippen LogP contribution in [0.15, 0.2) is 24.3 Å². The number of carbonyl (C=O) groups is 1. The van der Waals surface area contributed by atoms with Crippen LogP contribution in [0.2, 0.25) is 0 Å². The number of hydrogen-bond donors (Lipinski definition) is 7. The Kier molecular flexibility index (Phi) is 18.8. The van der Waals surface area contributed by atoms with Crippen LogP contribution in [0.3, 0.4) is 0 Å². The molecule has 16 nitrogen and oxygen atoms in total. The molecule has 3 fully saturated rings. The van der Waals surface area contributed by atoms with Crippen LogP contribution >= 0.6 is 0 Å². The average molecular weight is 893 g/mol. The molecule has 63 heavy (non-hydrogen) atoms. The number of rotatable bonds is 13. The highest BCUT2D eigenvalue weighted by molar-refractivity contribution is 5.73. The summed E-state index contributed by atoms with van der Waals surface area (Å²) in [6, 6.07) is 8.21. The van der Waals surface area contributed by atoms with Crippen LogP contribution in [0.25, 0.3) is 0 Å². The maximum atomic E-state index is 14.5. The maximum absolute atomic E-state index is 14.5. The van der Waals surface area contributed by atoms with Crippen LogP contribution in [0, 0.1) is 29.1 Å². The number of hydrogen-bond acceptors (Lipinski definition) is 16. The number of aliphatic hydroxyl groups is 4. The van der Waals surface area contributed by atoms with Gasteiger partial charge >= 0.3 is 5.97 Å². The summed E-state index contributed by atoms with van der Waals surface area (Å²) in [5.41, 5.74) is -5.74. The Hall–Kier alpha value is -2.50. The number of benzene rings is 1. The molecule has 3 saturated heterocycles. The van der Waals surface area contributed by atoms with Crippen LogP contribution in [0.1, 0.15) is 114 Å². The smallest absolute Gasteiger partial charge is 0.311 e. The first-order chi connectivity index (χ1) is 29.5. The van der Waals surface area contributed by atoms with E-state index in [2.05, 4.69) is 22.0 Å². The molecule has 4 rings (SSSR count). The number of cyclic esters (lactones) is 1. The Balaban J connectivity index is 1.86. The minimum atomic E-state index is -1.84. The second-order valence-corrected chi connectivity index (χ2v) is 19.3. The summed E-state index contributed by atoms with van der Waals surface area (Å²) < 4.78 is 45.8. The second-order valence-electron chi connectivity index (χ2n) is 19.3.